The van der Waals surface area contributed by atoms with Gasteiger partial charge in [0.05, 0.1) is 24.8 Å². The molecule has 254 valence electrons. The molecule has 5 atom stereocenters. The van der Waals surface area contributed by atoms with Crippen LogP contribution in [0, 0.1) is 5.92 Å². The van der Waals surface area contributed by atoms with E-state index in [0.717, 1.165) is 33.4 Å². The maximum Gasteiger partial charge on any atom is 0.239 e. The van der Waals surface area contributed by atoms with Crippen LogP contribution in [0.2, 0.25) is 0 Å². The fourth-order valence-corrected chi connectivity index (χ4v) is 7.15. The Balaban J connectivity index is 1.15. The summed E-state index contributed by atoms with van der Waals surface area (Å²) in [7, 11) is 0. The van der Waals surface area contributed by atoms with Gasteiger partial charge in [-0.2, -0.15) is 0 Å². The van der Waals surface area contributed by atoms with Gasteiger partial charge in [0.1, 0.15) is 17.4 Å². The van der Waals surface area contributed by atoms with E-state index in [1.165, 1.54) is 0 Å². The van der Waals surface area contributed by atoms with Gasteiger partial charge in [-0.3, -0.25) is 19.4 Å². The highest BCUT2D eigenvalue weighted by atomic mass is 16.3. The summed E-state index contributed by atoms with van der Waals surface area (Å²) in [5.74, 6) is 0.0378. The molecule has 0 bridgehead atoms. The van der Waals surface area contributed by atoms with Crippen molar-refractivity contribution in [3.05, 3.63) is 107 Å². The van der Waals surface area contributed by atoms with Crippen LogP contribution in [0.15, 0.2) is 89.3 Å². The molecule has 48 heavy (non-hydrogen) atoms. The number of aliphatic hydroxyl groups excluding tert-OH is 2. The molecule has 4 aromatic rings. The third-order valence-corrected chi connectivity index (χ3v) is 9.43. The highest BCUT2D eigenvalue weighted by molar-refractivity contribution is 5.83. The van der Waals surface area contributed by atoms with Crippen molar-refractivity contribution in [2.24, 2.45) is 5.92 Å². The molecule has 2 heterocycles. The van der Waals surface area contributed by atoms with Crippen LogP contribution < -0.4 is 10.6 Å². The van der Waals surface area contributed by atoms with Crippen molar-refractivity contribution in [3.8, 4) is 0 Å². The number of rotatable bonds is 11. The van der Waals surface area contributed by atoms with E-state index in [9.17, 15) is 19.8 Å². The van der Waals surface area contributed by atoms with Gasteiger partial charge in [-0.15, -0.1) is 0 Å². The van der Waals surface area contributed by atoms with Crippen LogP contribution >= 0.6 is 0 Å². The lowest BCUT2D eigenvalue weighted by Crippen LogP contribution is -2.61. The van der Waals surface area contributed by atoms with E-state index in [0.29, 0.717) is 39.0 Å². The number of hydrogen-bond donors (Lipinski definition) is 4. The van der Waals surface area contributed by atoms with E-state index in [1.54, 1.807) is 0 Å². The van der Waals surface area contributed by atoms with E-state index in [2.05, 4.69) is 26.5 Å². The Kier molecular flexibility index (Phi) is 10.3. The molecule has 1 aliphatic heterocycles. The molecule has 9 nitrogen and oxygen atoms in total. The quantitative estimate of drug-likeness (QED) is 0.192. The van der Waals surface area contributed by atoms with Crippen molar-refractivity contribution in [3.63, 3.8) is 0 Å². The molecule has 1 aromatic heterocycles. The van der Waals surface area contributed by atoms with Gasteiger partial charge in [0.2, 0.25) is 11.8 Å². The average Bonchev–Trinajstić information content (AvgIpc) is 3.60. The van der Waals surface area contributed by atoms with Crippen molar-refractivity contribution >= 4 is 22.8 Å². The Morgan fingerprint density at radius 3 is 2.48 bits per heavy atom. The SMILES string of the molecule is CC(C)(C)NC(=O)C1CN(Cc2cc3ccccc3o2)CCN1C[C@@H](O)C[C@@H](Cc1ccccc1)C(=O)N[C@H]1c2ccccc2C[C@H]1O. The summed E-state index contributed by atoms with van der Waals surface area (Å²) in [6.45, 7) is 8.51. The monoisotopic (exact) mass is 652 g/mol. The zero-order valence-corrected chi connectivity index (χ0v) is 28.1. The number of aliphatic hydroxyl groups is 2. The third-order valence-electron chi connectivity index (χ3n) is 9.43. The fourth-order valence-electron chi connectivity index (χ4n) is 7.15. The van der Waals surface area contributed by atoms with Crippen LogP contribution in [0.3, 0.4) is 0 Å². The van der Waals surface area contributed by atoms with Crippen molar-refractivity contribution in [1.82, 2.24) is 20.4 Å². The zero-order chi connectivity index (χ0) is 33.8. The van der Waals surface area contributed by atoms with Crippen molar-refractivity contribution in [2.75, 3.05) is 26.2 Å². The molecular formula is C39H48N4O5. The normalized spacial score (nSPS) is 21.5. The van der Waals surface area contributed by atoms with Crippen LogP contribution in [0.1, 0.15) is 55.7 Å². The summed E-state index contributed by atoms with van der Waals surface area (Å²) in [5, 5.41) is 29.7. The van der Waals surface area contributed by atoms with Crippen LogP contribution in [0.5, 0.6) is 0 Å². The third kappa shape index (κ3) is 8.33. The minimum atomic E-state index is -0.850. The summed E-state index contributed by atoms with van der Waals surface area (Å²) in [4.78, 5) is 31.8. The first-order chi connectivity index (χ1) is 23.0. The summed E-state index contributed by atoms with van der Waals surface area (Å²) in [5.41, 5.74) is 3.40. The van der Waals surface area contributed by atoms with Crippen LogP contribution in [0.4, 0.5) is 0 Å². The fraction of sp³-hybridized carbons (Fsp3) is 0.436. The smallest absolute Gasteiger partial charge is 0.239 e. The standard InChI is InChI=1S/C39H48N4O5/c1-39(2,3)41-38(47)33-25-42(24-31-21-28-14-8-10-16-35(28)48-31)17-18-43(33)23-30(44)20-29(19-26-11-5-4-6-12-26)37(46)40-36-32-15-9-7-13-27(32)22-34(36)45/h4-16,21,29-30,33-34,36,44-45H,17-20,22-25H2,1-3H3,(H,40,46)(H,41,47)/t29-,30+,33?,34-,36+/m1/s1. The summed E-state index contributed by atoms with van der Waals surface area (Å²) in [6.07, 6.45) is -0.387. The predicted octanol–water partition coefficient (Wildman–Crippen LogP) is 4.22. The molecule has 4 N–H and O–H groups in total. The molecule has 0 spiro atoms. The number of β-amino-alcohol motifs (C(OH)–C–C–N with tert-alkyl or cyclic N) is 1. The molecule has 0 saturated carbocycles. The summed E-state index contributed by atoms with van der Waals surface area (Å²) < 4.78 is 6.08. The van der Waals surface area contributed by atoms with E-state index in [4.69, 9.17) is 4.42 Å². The van der Waals surface area contributed by atoms with E-state index in [-0.39, 0.29) is 24.8 Å². The van der Waals surface area contributed by atoms with Gasteiger partial charge in [-0.25, -0.2) is 0 Å². The van der Waals surface area contributed by atoms with Gasteiger partial charge < -0.3 is 25.3 Å². The summed E-state index contributed by atoms with van der Waals surface area (Å²) in [6, 6.07) is 26.6. The number of furan rings is 1. The number of nitrogens with one attached hydrogen (secondary N) is 2. The van der Waals surface area contributed by atoms with E-state index >= 15 is 0 Å². The number of piperazine rings is 1. The van der Waals surface area contributed by atoms with Crippen molar-refractivity contribution in [2.45, 2.75) is 76.4 Å². The Labute approximate surface area is 282 Å². The number of fused-ring (bicyclic) bond motifs is 2. The molecule has 6 rings (SSSR count). The minimum absolute atomic E-state index is 0.0866. The van der Waals surface area contributed by atoms with Crippen molar-refractivity contribution in [1.29, 1.82) is 0 Å². The highest BCUT2D eigenvalue weighted by Gasteiger charge is 2.37. The van der Waals surface area contributed by atoms with Gasteiger partial charge in [-0.05, 0) is 62.4 Å². The number of carbonyl (C=O) groups is 2. The topological polar surface area (TPSA) is 118 Å². The minimum Gasteiger partial charge on any atom is -0.460 e. The molecular weight excluding hydrogens is 604 g/mol. The largest absolute Gasteiger partial charge is 0.460 e. The maximum absolute atomic E-state index is 13.9. The first kappa shape index (κ1) is 33.9. The number of benzene rings is 3. The second-order valence-corrected chi connectivity index (χ2v) is 14.5. The molecule has 1 unspecified atom stereocenters. The lowest BCUT2D eigenvalue weighted by atomic mass is 9.91. The van der Waals surface area contributed by atoms with E-state index in [1.807, 2.05) is 99.6 Å². The lowest BCUT2D eigenvalue weighted by Gasteiger charge is -2.42. The molecule has 2 amide bonds. The molecule has 9 heteroatoms. The summed E-state index contributed by atoms with van der Waals surface area (Å²) >= 11 is 0. The first-order valence-corrected chi connectivity index (χ1v) is 17.1. The van der Waals surface area contributed by atoms with Gasteiger partial charge in [-0.1, -0.05) is 72.8 Å². The Hall–Kier alpha value is -4.02. The Morgan fingerprint density at radius 2 is 1.71 bits per heavy atom. The Bertz CT molecular complexity index is 1670. The number of amides is 2. The molecule has 3 aromatic carbocycles. The number of hydrogen-bond acceptors (Lipinski definition) is 7. The Morgan fingerprint density at radius 1 is 0.979 bits per heavy atom. The second-order valence-electron chi connectivity index (χ2n) is 14.5. The van der Waals surface area contributed by atoms with Crippen molar-refractivity contribution < 1.29 is 24.2 Å². The maximum atomic E-state index is 13.9. The lowest BCUT2D eigenvalue weighted by molar-refractivity contribution is -0.132. The highest BCUT2D eigenvalue weighted by Crippen LogP contribution is 2.32. The van der Waals surface area contributed by atoms with Crippen LogP contribution in [0.25, 0.3) is 11.0 Å². The van der Waals surface area contributed by atoms with Crippen LogP contribution in [-0.4, -0.2) is 81.8 Å². The van der Waals surface area contributed by atoms with Gasteiger partial charge in [0.15, 0.2) is 0 Å². The molecule has 1 saturated heterocycles. The van der Waals surface area contributed by atoms with Gasteiger partial charge in [0.25, 0.3) is 0 Å². The first-order valence-electron chi connectivity index (χ1n) is 17.1. The molecule has 1 aliphatic carbocycles. The molecule has 1 fully saturated rings. The van der Waals surface area contributed by atoms with Crippen LogP contribution in [-0.2, 0) is 29.0 Å². The average molecular weight is 653 g/mol. The second kappa shape index (κ2) is 14.6. The van der Waals surface area contributed by atoms with Gasteiger partial charge in [0, 0.05) is 49.4 Å². The number of carbonyl (C=O) groups excluding carboxylic acids is 2. The zero-order valence-electron chi connectivity index (χ0n) is 28.1. The molecule has 0 radical (unpaired) electrons. The number of para-hydroxylation sites is 1. The van der Waals surface area contributed by atoms with Gasteiger partial charge >= 0.3 is 0 Å². The predicted molar refractivity (Wildman–Crippen MR) is 186 cm³/mol. The van der Waals surface area contributed by atoms with E-state index < -0.39 is 35.7 Å². The molecule has 2 aliphatic rings. The number of nitrogens with zero attached hydrogens (tertiary/aromatic N) is 2.